The van der Waals surface area contributed by atoms with Gasteiger partial charge in [0.25, 0.3) is 5.91 Å². The summed E-state index contributed by atoms with van der Waals surface area (Å²) in [4.78, 5) is 18.0. The summed E-state index contributed by atoms with van der Waals surface area (Å²) in [5.74, 6) is -0.00305. The van der Waals surface area contributed by atoms with Gasteiger partial charge in [-0.25, -0.2) is 0 Å². The molecule has 1 amide bonds. The maximum Gasteiger partial charge on any atom is 0.256 e. The monoisotopic (exact) mass is 220 g/mol. The third-order valence-electron chi connectivity index (χ3n) is 2.93. The molecular formula is C12H16N2O2. The average molecular weight is 220 g/mol. The summed E-state index contributed by atoms with van der Waals surface area (Å²) < 4.78 is 0. The van der Waals surface area contributed by atoms with Crippen molar-refractivity contribution in [3.63, 3.8) is 0 Å². The predicted octanol–water partition coefficient (Wildman–Crippen LogP) is 0.901. The SMILES string of the molecule is CCc1cc2c(c(C)n1)C(=O)N(CCO)C2. The Morgan fingerprint density at radius 1 is 1.56 bits per heavy atom. The van der Waals surface area contributed by atoms with Crippen LogP contribution in [0.5, 0.6) is 0 Å². The van der Waals surface area contributed by atoms with E-state index in [0.29, 0.717) is 13.1 Å². The van der Waals surface area contributed by atoms with E-state index in [2.05, 4.69) is 11.9 Å². The molecule has 0 aliphatic carbocycles. The minimum Gasteiger partial charge on any atom is -0.395 e. The fourth-order valence-electron chi connectivity index (χ4n) is 2.14. The summed E-state index contributed by atoms with van der Waals surface area (Å²) in [5.41, 5.74) is 3.60. The quantitative estimate of drug-likeness (QED) is 0.823. The summed E-state index contributed by atoms with van der Waals surface area (Å²) in [5, 5.41) is 8.88. The Kier molecular flexibility index (Phi) is 2.92. The first-order chi connectivity index (χ1) is 7.67. The number of fused-ring (bicyclic) bond motifs is 1. The first kappa shape index (κ1) is 11.1. The van der Waals surface area contributed by atoms with E-state index in [1.807, 2.05) is 13.0 Å². The number of amides is 1. The van der Waals surface area contributed by atoms with E-state index in [0.717, 1.165) is 28.9 Å². The summed E-state index contributed by atoms with van der Waals surface area (Å²) in [6.07, 6.45) is 0.877. The number of carbonyl (C=O) groups is 1. The molecule has 0 bridgehead atoms. The smallest absolute Gasteiger partial charge is 0.256 e. The Morgan fingerprint density at radius 2 is 2.31 bits per heavy atom. The van der Waals surface area contributed by atoms with Crippen LogP contribution in [0.2, 0.25) is 0 Å². The number of rotatable bonds is 3. The van der Waals surface area contributed by atoms with Crippen LogP contribution in [0.3, 0.4) is 0 Å². The average Bonchev–Trinajstić information content (AvgIpc) is 2.56. The van der Waals surface area contributed by atoms with Crippen molar-refractivity contribution < 1.29 is 9.90 Å². The maximum atomic E-state index is 12.0. The second kappa shape index (κ2) is 4.22. The standard InChI is InChI=1S/C12H16N2O2/c1-3-10-6-9-7-14(4-5-15)12(16)11(9)8(2)13-10/h6,15H,3-5,7H2,1-2H3. The lowest BCUT2D eigenvalue weighted by Crippen LogP contribution is -2.27. The number of β-amino-alcohol motifs (C(OH)–C–C–N with tert-alkyl or cyclic N) is 1. The molecule has 1 aliphatic heterocycles. The van der Waals surface area contributed by atoms with Crippen LogP contribution in [0.15, 0.2) is 6.07 Å². The lowest BCUT2D eigenvalue weighted by Gasteiger charge is -2.12. The highest BCUT2D eigenvalue weighted by Crippen LogP contribution is 2.25. The van der Waals surface area contributed by atoms with Crippen molar-refractivity contribution in [2.75, 3.05) is 13.2 Å². The molecule has 0 radical (unpaired) electrons. The molecule has 1 aliphatic rings. The Bertz CT molecular complexity index is 429. The van der Waals surface area contributed by atoms with Gasteiger partial charge in [0.1, 0.15) is 0 Å². The molecule has 4 nitrogen and oxygen atoms in total. The van der Waals surface area contributed by atoms with Crippen LogP contribution < -0.4 is 0 Å². The van der Waals surface area contributed by atoms with E-state index < -0.39 is 0 Å². The molecule has 0 spiro atoms. The van der Waals surface area contributed by atoms with Gasteiger partial charge in [-0.15, -0.1) is 0 Å². The van der Waals surface area contributed by atoms with Crippen LogP contribution in [-0.4, -0.2) is 34.0 Å². The largest absolute Gasteiger partial charge is 0.395 e. The van der Waals surface area contributed by atoms with Crippen molar-refractivity contribution >= 4 is 5.91 Å². The van der Waals surface area contributed by atoms with Gasteiger partial charge in [-0.05, 0) is 25.0 Å². The number of nitrogens with zero attached hydrogens (tertiary/aromatic N) is 2. The lowest BCUT2D eigenvalue weighted by molar-refractivity contribution is 0.0745. The Balaban J connectivity index is 2.39. The number of aromatic nitrogens is 1. The summed E-state index contributed by atoms with van der Waals surface area (Å²) in [6.45, 7) is 4.93. The van der Waals surface area contributed by atoms with Gasteiger partial charge in [0, 0.05) is 18.8 Å². The fourth-order valence-corrected chi connectivity index (χ4v) is 2.14. The minimum absolute atomic E-state index is 0.00305. The van der Waals surface area contributed by atoms with Gasteiger partial charge >= 0.3 is 0 Å². The third kappa shape index (κ3) is 1.69. The molecular weight excluding hydrogens is 204 g/mol. The molecule has 1 aromatic heterocycles. The lowest BCUT2D eigenvalue weighted by atomic mass is 10.1. The number of aryl methyl sites for hydroxylation is 2. The van der Waals surface area contributed by atoms with Gasteiger partial charge < -0.3 is 10.0 Å². The zero-order valence-corrected chi connectivity index (χ0v) is 9.66. The van der Waals surface area contributed by atoms with Gasteiger partial charge in [0.15, 0.2) is 0 Å². The molecule has 1 N–H and O–H groups in total. The zero-order chi connectivity index (χ0) is 11.7. The topological polar surface area (TPSA) is 53.4 Å². The molecule has 0 aromatic carbocycles. The first-order valence-electron chi connectivity index (χ1n) is 5.57. The third-order valence-corrected chi connectivity index (χ3v) is 2.93. The molecule has 0 fully saturated rings. The maximum absolute atomic E-state index is 12.0. The molecule has 2 heterocycles. The van der Waals surface area contributed by atoms with E-state index in [-0.39, 0.29) is 12.5 Å². The van der Waals surface area contributed by atoms with Gasteiger partial charge in [0.05, 0.1) is 17.9 Å². The molecule has 86 valence electrons. The highest BCUT2D eigenvalue weighted by atomic mass is 16.3. The second-order valence-electron chi connectivity index (χ2n) is 4.04. The molecule has 16 heavy (non-hydrogen) atoms. The van der Waals surface area contributed by atoms with Crippen molar-refractivity contribution in [3.8, 4) is 0 Å². The second-order valence-corrected chi connectivity index (χ2v) is 4.04. The van der Waals surface area contributed by atoms with Crippen molar-refractivity contribution in [1.29, 1.82) is 0 Å². The van der Waals surface area contributed by atoms with E-state index in [1.54, 1.807) is 4.90 Å². The van der Waals surface area contributed by atoms with Crippen LogP contribution >= 0.6 is 0 Å². The van der Waals surface area contributed by atoms with Crippen molar-refractivity contribution in [2.45, 2.75) is 26.8 Å². The number of hydrogen-bond donors (Lipinski definition) is 1. The highest BCUT2D eigenvalue weighted by Gasteiger charge is 2.29. The molecule has 4 heteroatoms. The highest BCUT2D eigenvalue weighted by molar-refractivity contribution is 5.99. The van der Waals surface area contributed by atoms with Crippen LogP contribution in [0.1, 0.15) is 34.2 Å². The van der Waals surface area contributed by atoms with E-state index >= 15 is 0 Å². The fraction of sp³-hybridized carbons (Fsp3) is 0.500. The van der Waals surface area contributed by atoms with Gasteiger partial charge in [0.2, 0.25) is 0 Å². The zero-order valence-electron chi connectivity index (χ0n) is 9.66. The van der Waals surface area contributed by atoms with E-state index in [4.69, 9.17) is 5.11 Å². The number of aliphatic hydroxyl groups excluding tert-OH is 1. The molecule has 0 saturated heterocycles. The molecule has 0 atom stereocenters. The number of pyridine rings is 1. The van der Waals surface area contributed by atoms with Gasteiger partial charge in [-0.2, -0.15) is 0 Å². The molecule has 1 aromatic rings. The molecule has 2 rings (SSSR count). The number of aliphatic hydroxyl groups is 1. The normalized spacial score (nSPS) is 14.4. The molecule has 0 saturated carbocycles. The van der Waals surface area contributed by atoms with Crippen molar-refractivity contribution in [2.24, 2.45) is 0 Å². The van der Waals surface area contributed by atoms with Crippen molar-refractivity contribution in [3.05, 3.63) is 28.6 Å². The Hall–Kier alpha value is -1.42. The minimum atomic E-state index is -0.00305. The summed E-state index contributed by atoms with van der Waals surface area (Å²) >= 11 is 0. The number of carbonyl (C=O) groups excluding carboxylic acids is 1. The Labute approximate surface area is 94.9 Å². The van der Waals surface area contributed by atoms with Crippen LogP contribution in [0.4, 0.5) is 0 Å². The van der Waals surface area contributed by atoms with Crippen LogP contribution in [0, 0.1) is 6.92 Å². The van der Waals surface area contributed by atoms with Gasteiger partial charge in [-0.1, -0.05) is 6.92 Å². The van der Waals surface area contributed by atoms with Crippen molar-refractivity contribution in [1.82, 2.24) is 9.88 Å². The molecule has 0 unspecified atom stereocenters. The first-order valence-corrected chi connectivity index (χ1v) is 5.57. The Morgan fingerprint density at radius 3 is 2.94 bits per heavy atom. The van der Waals surface area contributed by atoms with Crippen LogP contribution in [0.25, 0.3) is 0 Å². The van der Waals surface area contributed by atoms with E-state index in [1.165, 1.54) is 0 Å². The predicted molar refractivity (Wildman–Crippen MR) is 60.2 cm³/mol. The van der Waals surface area contributed by atoms with Crippen LogP contribution in [-0.2, 0) is 13.0 Å². The number of hydrogen-bond acceptors (Lipinski definition) is 3. The summed E-state index contributed by atoms with van der Waals surface area (Å²) in [7, 11) is 0. The summed E-state index contributed by atoms with van der Waals surface area (Å²) in [6, 6.07) is 2.00. The van der Waals surface area contributed by atoms with Gasteiger partial charge in [-0.3, -0.25) is 9.78 Å². The van der Waals surface area contributed by atoms with E-state index in [9.17, 15) is 4.79 Å².